The fraction of sp³-hybridized carbons (Fsp3) is 0.905. The summed E-state index contributed by atoms with van der Waals surface area (Å²) in [6.45, 7) is 17.2. The molecule has 2 fully saturated rings. The van der Waals surface area contributed by atoms with Crippen LogP contribution >= 0.6 is 0 Å². The van der Waals surface area contributed by atoms with E-state index >= 15 is 0 Å². The fourth-order valence-electron chi connectivity index (χ4n) is 4.43. The number of piperidine rings is 2. The Kier molecular flexibility index (Phi) is 6.90. The van der Waals surface area contributed by atoms with Crippen LogP contribution in [0.2, 0.25) is 0 Å². The van der Waals surface area contributed by atoms with Crippen molar-refractivity contribution in [1.29, 1.82) is 0 Å². The molecule has 1 spiro atoms. The Hall–Kier alpha value is -1.50. The van der Waals surface area contributed by atoms with Gasteiger partial charge in [-0.05, 0) is 78.8 Å². The zero-order valence-corrected chi connectivity index (χ0v) is 18.7. The number of likely N-dealkylation sites (tertiary alicyclic amines) is 1. The van der Waals surface area contributed by atoms with Crippen LogP contribution in [0.4, 0.5) is 9.59 Å². The van der Waals surface area contributed by atoms with Gasteiger partial charge in [0.1, 0.15) is 11.2 Å². The fourth-order valence-corrected chi connectivity index (χ4v) is 4.43. The molecule has 2 aliphatic heterocycles. The van der Waals surface area contributed by atoms with E-state index in [2.05, 4.69) is 17.6 Å². The smallest absolute Gasteiger partial charge is 0.410 e. The first-order valence-electron chi connectivity index (χ1n) is 10.5. The summed E-state index contributed by atoms with van der Waals surface area (Å²) in [6.07, 6.45) is 1.30. The largest absolute Gasteiger partial charge is 0.444 e. The second-order valence-electron chi connectivity index (χ2n) is 10.3. The van der Waals surface area contributed by atoms with E-state index < -0.39 is 17.3 Å². The number of nitrogens with one attached hydrogen (secondary N) is 2. The molecule has 0 aliphatic carbocycles. The number of hydrogen-bond donors (Lipinski definition) is 2. The van der Waals surface area contributed by atoms with Crippen molar-refractivity contribution in [2.24, 2.45) is 17.3 Å². The maximum Gasteiger partial charge on any atom is 0.410 e. The number of hydrogen-bond acceptors (Lipinski definition) is 5. The molecular weight excluding hydrogens is 358 g/mol. The first-order valence-corrected chi connectivity index (χ1v) is 10.5. The van der Waals surface area contributed by atoms with Gasteiger partial charge in [-0.3, -0.25) is 0 Å². The molecule has 0 aromatic carbocycles. The third kappa shape index (κ3) is 6.00. The average molecular weight is 398 g/mol. The van der Waals surface area contributed by atoms with Gasteiger partial charge < -0.3 is 25.0 Å². The van der Waals surface area contributed by atoms with E-state index in [4.69, 9.17) is 9.47 Å². The predicted molar refractivity (Wildman–Crippen MR) is 109 cm³/mol. The Bertz CT molecular complexity index is 567. The molecule has 2 amide bonds. The van der Waals surface area contributed by atoms with Gasteiger partial charge in [0.15, 0.2) is 0 Å². The van der Waals surface area contributed by atoms with Crippen LogP contribution in [0.15, 0.2) is 0 Å². The van der Waals surface area contributed by atoms with Crippen molar-refractivity contribution in [1.82, 2.24) is 15.5 Å². The van der Waals surface area contributed by atoms with Gasteiger partial charge in [0.05, 0.1) is 0 Å². The van der Waals surface area contributed by atoms with E-state index in [0.717, 1.165) is 25.9 Å². The van der Waals surface area contributed by atoms with Crippen LogP contribution in [0.5, 0.6) is 0 Å². The molecule has 162 valence electrons. The summed E-state index contributed by atoms with van der Waals surface area (Å²) in [6, 6.07) is 0. The van der Waals surface area contributed by atoms with Gasteiger partial charge in [0, 0.05) is 25.6 Å². The molecule has 3 unspecified atom stereocenters. The lowest BCUT2D eigenvalue weighted by atomic mass is 9.60. The SMILES string of the molecule is CC1CNCCC12CCN(C(=O)OC(C)(C)C)CC2CNC(=O)OC(C)(C)C. The summed E-state index contributed by atoms with van der Waals surface area (Å²) in [5, 5.41) is 6.42. The molecule has 0 saturated carbocycles. The highest BCUT2D eigenvalue weighted by Gasteiger charge is 2.48. The van der Waals surface area contributed by atoms with Gasteiger partial charge in [0.25, 0.3) is 0 Å². The van der Waals surface area contributed by atoms with E-state index in [1.807, 2.05) is 41.5 Å². The molecule has 3 atom stereocenters. The molecule has 7 heteroatoms. The quantitative estimate of drug-likeness (QED) is 0.747. The van der Waals surface area contributed by atoms with E-state index in [9.17, 15) is 9.59 Å². The van der Waals surface area contributed by atoms with Crippen LogP contribution in [-0.4, -0.2) is 61.0 Å². The first kappa shape index (κ1) is 22.8. The number of nitrogens with zero attached hydrogens (tertiary/aromatic N) is 1. The van der Waals surface area contributed by atoms with E-state index in [1.165, 1.54) is 0 Å². The van der Waals surface area contributed by atoms with E-state index in [0.29, 0.717) is 25.6 Å². The lowest BCUT2D eigenvalue weighted by molar-refractivity contribution is -0.0415. The maximum atomic E-state index is 12.6. The van der Waals surface area contributed by atoms with Crippen molar-refractivity contribution in [3.05, 3.63) is 0 Å². The molecule has 0 bridgehead atoms. The zero-order chi connectivity index (χ0) is 21.2. The summed E-state index contributed by atoms with van der Waals surface area (Å²) in [5.74, 6) is 0.644. The van der Waals surface area contributed by atoms with Gasteiger partial charge >= 0.3 is 12.2 Å². The van der Waals surface area contributed by atoms with Crippen LogP contribution in [0, 0.1) is 17.3 Å². The lowest BCUT2D eigenvalue weighted by Gasteiger charge is -2.53. The molecule has 2 N–H and O–H groups in total. The molecule has 0 radical (unpaired) electrons. The predicted octanol–water partition coefficient (Wildman–Crippen LogP) is 3.38. The molecule has 2 heterocycles. The maximum absolute atomic E-state index is 12.6. The second-order valence-corrected chi connectivity index (χ2v) is 10.3. The molecule has 0 aromatic rings. The third-order valence-electron chi connectivity index (χ3n) is 5.84. The van der Waals surface area contributed by atoms with E-state index in [1.54, 1.807) is 4.90 Å². The van der Waals surface area contributed by atoms with Crippen LogP contribution in [0.1, 0.15) is 61.3 Å². The van der Waals surface area contributed by atoms with Crippen molar-refractivity contribution in [2.75, 3.05) is 32.7 Å². The second kappa shape index (κ2) is 8.47. The molecular formula is C21H39N3O4. The van der Waals surface area contributed by atoms with Gasteiger partial charge in [-0.1, -0.05) is 6.92 Å². The van der Waals surface area contributed by atoms with Crippen LogP contribution in [-0.2, 0) is 9.47 Å². The third-order valence-corrected chi connectivity index (χ3v) is 5.84. The lowest BCUT2D eigenvalue weighted by Crippen LogP contribution is -2.59. The summed E-state index contributed by atoms with van der Waals surface area (Å²) in [4.78, 5) is 26.6. The molecule has 2 aliphatic rings. The highest BCUT2D eigenvalue weighted by Crippen LogP contribution is 2.47. The molecule has 2 rings (SSSR count). The Morgan fingerprint density at radius 3 is 2.32 bits per heavy atom. The Morgan fingerprint density at radius 2 is 1.75 bits per heavy atom. The van der Waals surface area contributed by atoms with Gasteiger partial charge in [-0.25, -0.2) is 9.59 Å². The minimum Gasteiger partial charge on any atom is -0.444 e. The topological polar surface area (TPSA) is 79.9 Å². The molecule has 2 saturated heterocycles. The summed E-state index contributed by atoms with van der Waals surface area (Å²) in [7, 11) is 0. The minimum atomic E-state index is -0.529. The summed E-state index contributed by atoms with van der Waals surface area (Å²) in [5.41, 5.74) is -0.934. The Labute approximate surface area is 169 Å². The van der Waals surface area contributed by atoms with E-state index in [-0.39, 0.29) is 17.4 Å². The van der Waals surface area contributed by atoms with Crippen LogP contribution < -0.4 is 10.6 Å². The number of amides is 2. The molecule has 28 heavy (non-hydrogen) atoms. The van der Waals surface area contributed by atoms with Gasteiger partial charge in [-0.2, -0.15) is 0 Å². The molecule has 7 nitrogen and oxygen atoms in total. The Morgan fingerprint density at radius 1 is 1.11 bits per heavy atom. The minimum absolute atomic E-state index is 0.110. The van der Waals surface area contributed by atoms with Crippen LogP contribution in [0.25, 0.3) is 0 Å². The van der Waals surface area contributed by atoms with Gasteiger partial charge in [-0.15, -0.1) is 0 Å². The zero-order valence-electron chi connectivity index (χ0n) is 18.7. The number of ether oxygens (including phenoxy) is 2. The number of carbonyl (C=O) groups is 2. The Balaban J connectivity index is 2.10. The normalized spacial score (nSPS) is 28.8. The number of rotatable bonds is 2. The highest BCUT2D eigenvalue weighted by molar-refractivity contribution is 5.69. The highest BCUT2D eigenvalue weighted by atomic mass is 16.6. The standard InChI is InChI=1S/C21H39N3O4/c1-15-12-22-10-8-21(15)9-11-24(18(26)28-20(5,6)7)14-16(21)13-23-17(25)27-19(2,3)4/h15-16,22H,8-14H2,1-7H3,(H,23,25). The number of carbonyl (C=O) groups excluding carboxylic acids is 2. The van der Waals surface area contributed by atoms with Crippen molar-refractivity contribution < 1.29 is 19.1 Å². The first-order chi connectivity index (χ1) is 12.8. The average Bonchev–Trinajstić information content (AvgIpc) is 2.53. The number of alkyl carbamates (subject to hydrolysis) is 1. The van der Waals surface area contributed by atoms with Gasteiger partial charge in [0.2, 0.25) is 0 Å². The van der Waals surface area contributed by atoms with Crippen molar-refractivity contribution in [2.45, 2.75) is 72.5 Å². The molecule has 0 aromatic heterocycles. The van der Waals surface area contributed by atoms with Crippen molar-refractivity contribution in [3.8, 4) is 0 Å². The van der Waals surface area contributed by atoms with Crippen molar-refractivity contribution >= 4 is 12.2 Å². The summed E-state index contributed by atoms with van der Waals surface area (Å²) >= 11 is 0. The van der Waals surface area contributed by atoms with Crippen LogP contribution in [0.3, 0.4) is 0 Å². The monoisotopic (exact) mass is 397 g/mol. The summed E-state index contributed by atoms with van der Waals surface area (Å²) < 4.78 is 11.0. The van der Waals surface area contributed by atoms with Crippen molar-refractivity contribution in [3.63, 3.8) is 0 Å².